The average molecular weight is 375 g/mol. The molecule has 7 heteroatoms. The predicted molar refractivity (Wildman–Crippen MR) is 98.9 cm³/mol. The molecule has 0 fully saturated rings. The molecule has 138 valence electrons. The van der Waals surface area contributed by atoms with Crippen molar-refractivity contribution in [1.29, 1.82) is 0 Å². The number of carbonyl (C=O) groups excluding carboxylic acids is 1. The highest BCUT2D eigenvalue weighted by atomic mass is 32.2. The minimum Gasteiger partial charge on any atom is -0.481 e. The van der Waals surface area contributed by atoms with E-state index in [0.29, 0.717) is 17.7 Å². The van der Waals surface area contributed by atoms with Crippen LogP contribution in [0.5, 0.6) is 0 Å². The second kappa shape index (κ2) is 8.62. The maximum atomic E-state index is 12.1. The summed E-state index contributed by atoms with van der Waals surface area (Å²) in [5.74, 6) is -1.07. The first kappa shape index (κ1) is 19.7. The fourth-order valence-corrected chi connectivity index (χ4v) is 3.33. The Hall–Kier alpha value is -2.67. The van der Waals surface area contributed by atoms with Gasteiger partial charge < -0.3 is 10.4 Å². The lowest BCUT2D eigenvalue weighted by Crippen LogP contribution is -2.12. The smallest absolute Gasteiger partial charge is 0.307 e. The topological polar surface area (TPSA) is 101 Å². The lowest BCUT2D eigenvalue weighted by molar-refractivity contribution is -0.136. The molecule has 6 nitrogen and oxygen atoms in total. The van der Waals surface area contributed by atoms with E-state index in [9.17, 15) is 18.0 Å². The van der Waals surface area contributed by atoms with Crippen LogP contribution in [0.15, 0.2) is 53.4 Å². The molecule has 0 aromatic heterocycles. The molecule has 0 unspecified atom stereocenters. The molecule has 0 radical (unpaired) electrons. The van der Waals surface area contributed by atoms with Crippen LogP contribution in [-0.4, -0.2) is 31.2 Å². The standard InChI is InChI=1S/C19H21NO5S/c1-2-26(24,25)17-9-6-14(7-10-17)8-11-18(21)20-16-5-3-4-15(12-16)13-19(22)23/h3-7,9-10,12H,2,8,11,13H2,1H3,(H,20,21)(H,22,23). The summed E-state index contributed by atoms with van der Waals surface area (Å²) in [6.07, 6.45) is 0.618. The Morgan fingerprint density at radius 1 is 1.04 bits per heavy atom. The van der Waals surface area contributed by atoms with E-state index in [1.54, 1.807) is 55.5 Å². The van der Waals surface area contributed by atoms with Gasteiger partial charge in [0, 0.05) is 12.1 Å². The molecule has 0 aliphatic heterocycles. The molecule has 0 spiro atoms. The number of hydrogen-bond acceptors (Lipinski definition) is 4. The van der Waals surface area contributed by atoms with Crippen LogP contribution in [0.4, 0.5) is 5.69 Å². The molecule has 2 aromatic carbocycles. The Morgan fingerprint density at radius 2 is 1.73 bits per heavy atom. The van der Waals surface area contributed by atoms with E-state index < -0.39 is 15.8 Å². The number of carboxylic acid groups (broad SMARTS) is 1. The molecule has 0 bridgehead atoms. The number of rotatable bonds is 8. The zero-order valence-corrected chi connectivity index (χ0v) is 15.3. The normalized spacial score (nSPS) is 11.1. The summed E-state index contributed by atoms with van der Waals surface area (Å²) in [6, 6.07) is 13.3. The summed E-state index contributed by atoms with van der Waals surface area (Å²) in [4.78, 5) is 23.1. The number of anilines is 1. The van der Waals surface area contributed by atoms with Crippen LogP contribution in [0.2, 0.25) is 0 Å². The largest absolute Gasteiger partial charge is 0.481 e. The lowest BCUT2D eigenvalue weighted by atomic mass is 10.1. The second-order valence-corrected chi connectivity index (χ2v) is 8.14. The summed E-state index contributed by atoms with van der Waals surface area (Å²) in [6.45, 7) is 1.60. The molecular weight excluding hydrogens is 354 g/mol. The Morgan fingerprint density at radius 3 is 2.35 bits per heavy atom. The highest BCUT2D eigenvalue weighted by Gasteiger charge is 2.11. The van der Waals surface area contributed by atoms with Crippen molar-refractivity contribution in [3.05, 3.63) is 59.7 Å². The van der Waals surface area contributed by atoms with E-state index in [1.165, 1.54) is 0 Å². The first-order valence-corrected chi connectivity index (χ1v) is 9.87. The number of carbonyl (C=O) groups is 2. The van der Waals surface area contributed by atoms with Crippen molar-refractivity contribution >= 4 is 27.4 Å². The van der Waals surface area contributed by atoms with E-state index in [0.717, 1.165) is 5.56 Å². The van der Waals surface area contributed by atoms with Crippen LogP contribution in [0.1, 0.15) is 24.5 Å². The molecule has 0 atom stereocenters. The van der Waals surface area contributed by atoms with E-state index in [1.807, 2.05) is 0 Å². The highest BCUT2D eigenvalue weighted by molar-refractivity contribution is 7.91. The minimum atomic E-state index is -3.22. The van der Waals surface area contributed by atoms with Crippen LogP contribution in [0.25, 0.3) is 0 Å². The average Bonchev–Trinajstić information content (AvgIpc) is 2.60. The van der Waals surface area contributed by atoms with Crippen molar-refractivity contribution in [2.75, 3.05) is 11.1 Å². The summed E-state index contributed by atoms with van der Waals surface area (Å²) in [7, 11) is -3.22. The number of aliphatic carboxylic acids is 1. The number of hydrogen-bond donors (Lipinski definition) is 2. The van der Waals surface area contributed by atoms with E-state index in [4.69, 9.17) is 5.11 Å². The fraction of sp³-hybridized carbons (Fsp3) is 0.263. The van der Waals surface area contributed by atoms with Gasteiger partial charge in [-0.3, -0.25) is 9.59 Å². The molecule has 2 rings (SSSR count). The third kappa shape index (κ3) is 5.70. The molecule has 2 N–H and O–H groups in total. The monoisotopic (exact) mass is 375 g/mol. The van der Waals surface area contributed by atoms with Crippen LogP contribution in [-0.2, 0) is 32.3 Å². The number of nitrogens with one attached hydrogen (secondary N) is 1. The molecule has 0 aliphatic rings. The second-order valence-electron chi connectivity index (χ2n) is 5.87. The van der Waals surface area contributed by atoms with E-state index in [-0.39, 0.29) is 29.4 Å². The first-order chi connectivity index (χ1) is 12.3. The quantitative estimate of drug-likeness (QED) is 0.739. The minimum absolute atomic E-state index is 0.0513. The summed E-state index contributed by atoms with van der Waals surface area (Å²) in [5, 5.41) is 11.6. The van der Waals surface area contributed by atoms with Gasteiger partial charge in [-0.05, 0) is 41.8 Å². The molecule has 1 amide bonds. The molecular formula is C19H21NO5S. The summed E-state index contributed by atoms with van der Waals surface area (Å²) < 4.78 is 23.6. The van der Waals surface area contributed by atoms with E-state index in [2.05, 4.69) is 5.32 Å². The maximum Gasteiger partial charge on any atom is 0.307 e. The summed E-state index contributed by atoms with van der Waals surface area (Å²) >= 11 is 0. The molecule has 0 saturated carbocycles. The lowest BCUT2D eigenvalue weighted by Gasteiger charge is -2.07. The number of benzene rings is 2. The number of aryl methyl sites for hydroxylation is 1. The van der Waals surface area contributed by atoms with Gasteiger partial charge in [0.15, 0.2) is 9.84 Å². The van der Waals surface area contributed by atoms with Gasteiger partial charge in [-0.15, -0.1) is 0 Å². The van der Waals surface area contributed by atoms with Gasteiger partial charge in [-0.2, -0.15) is 0 Å². The van der Waals surface area contributed by atoms with Crippen molar-refractivity contribution in [3.8, 4) is 0 Å². The van der Waals surface area contributed by atoms with Crippen molar-refractivity contribution in [1.82, 2.24) is 0 Å². The molecule has 0 heterocycles. The molecule has 26 heavy (non-hydrogen) atoms. The zero-order chi connectivity index (χ0) is 19.2. The van der Waals surface area contributed by atoms with Gasteiger partial charge in [0.05, 0.1) is 17.1 Å². The van der Waals surface area contributed by atoms with Crippen LogP contribution in [0, 0.1) is 0 Å². The van der Waals surface area contributed by atoms with Gasteiger partial charge in [-0.1, -0.05) is 31.2 Å². The van der Waals surface area contributed by atoms with Crippen molar-refractivity contribution in [3.63, 3.8) is 0 Å². The van der Waals surface area contributed by atoms with Gasteiger partial charge in [0.2, 0.25) is 5.91 Å². The van der Waals surface area contributed by atoms with Crippen molar-refractivity contribution in [2.45, 2.75) is 31.1 Å². The van der Waals surface area contributed by atoms with Gasteiger partial charge >= 0.3 is 5.97 Å². The predicted octanol–water partition coefficient (Wildman–Crippen LogP) is 2.68. The molecule has 0 aliphatic carbocycles. The Kier molecular flexibility index (Phi) is 6.52. The van der Waals surface area contributed by atoms with Gasteiger partial charge in [0.1, 0.15) is 0 Å². The van der Waals surface area contributed by atoms with Crippen LogP contribution < -0.4 is 5.32 Å². The van der Waals surface area contributed by atoms with Crippen LogP contribution >= 0.6 is 0 Å². The fourth-order valence-electron chi connectivity index (χ4n) is 2.45. The van der Waals surface area contributed by atoms with Gasteiger partial charge in [0.25, 0.3) is 0 Å². The van der Waals surface area contributed by atoms with E-state index >= 15 is 0 Å². The Bertz CT molecular complexity index is 888. The maximum absolute atomic E-state index is 12.1. The van der Waals surface area contributed by atoms with Crippen molar-refractivity contribution in [2.24, 2.45) is 0 Å². The number of carboxylic acids is 1. The highest BCUT2D eigenvalue weighted by Crippen LogP contribution is 2.15. The number of sulfone groups is 1. The van der Waals surface area contributed by atoms with Crippen LogP contribution in [0.3, 0.4) is 0 Å². The Labute approximate surface area is 152 Å². The molecule has 0 saturated heterocycles. The summed E-state index contributed by atoms with van der Waals surface area (Å²) in [5.41, 5.74) is 2.04. The SMILES string of the molecule is CCS(=O)(=O)c1ccc(CCC(=O)Nc2cccc(CC(=O)O)c2)cc1. The molecule has 2 aromatic rings. The first-order valence-electron chi connectivity index (χ1n) is 8.22. The third-order valence-electron chi connectivity index (χ3n) is 3.87. The zero-order valence-electron chi connectivity index (χ0n) is 14.4. The Balaban J connectivity index is 1.92. The third-order valence-corrected chi connectivity index (χ3v) is 5.62. The van der Waals surface area contributed by atoms with Crippen molar-refractivity contribution < 1.29 is 23.1 Å². The van der Waals surface area contributed by atoms with Gasteiger partial charge in [-0.25, -0.2) is 8.42 Å². The number of amides is 1.